The Hall–Kier alpha value is -2.69. The monoisotopic (exact) mass is 298 g/mol. The molecule has 22 heavy (non-hydrogen) atoms. The molecule has 2 aromatic carbocycles. The summed E-state index contributed by atoms with van der Waals surface area (Å²) in [6, 6.07) is 12.3. The average Bonchev–Trinajstić information content (AvgIpc) is 2.55. The molecule has 0 N–H and O–H groups in total. The molecule has 1 amide bonds. The number of amides is 1. The minimum atomic E-state index is -0.608. The van der Waals surface area contributed by atoms with Gasteiger partial charge in [-0.15, -0.1) is 0 Å². The number of halogens is 1. The van der Waals surface area contributed by atoms with Crippen molar-refractivity contribution >= 4 is 18.0 Å². The van der Waals surface area contributed by atoms with E-state index in [-0.39, 0.29) is 6.61 Å². The van der Waals surface area contributed by atoms with Crippen LogP contribution in [0.1, 0.15) is 12.5 Å². The second kappa shape index (κ2) is 5.97. The van der Waals surface area contributed by atoms with Crippen LogP contribution >= 0.6 is 0 Å². The number of benzene rings is 2. The minimum absolute atomic E-state index is 0.139. The molecule has 0 aromatic heterocycles. The van der Waals surface area contributed by atoms with Gasteiger partial charge < -0.3 is 4.74 Å². The van der Waals surface area contributed by atoms with Gasteiger partial charge in [0.25, 0.3) is 0 Å². The predicted octanol–water partition coefficient (Wildman–Crippen LogP) is 4.00. The molecule has 4 nitrogen and oxygen atoms in total. The highest BCUT2D eigenvalue weighted by Crippen LogP contribution is 2.30. The van der Waals surface area contributed by atoms with Gasteiger partial charge in [0.15, 0.2) is 0 Å². The number of nitrogens with zero attached hydrogens (tertiary/aromatic N) is 2. The normalized spacial score (nSPS) is 14.1. The number of hydrogen-bond donors (Lipinski definition) is 0. The summed E-state index contributed by atoms with van der Waals surface area (Å²) in [7, 11) is 0. The van der Waals surface area contributed by atoms with Gasteiger partial charge in [-0.2, -0.15) is 10.1 Å². The second-order valence-electron chi connectivity index (χ2n) is 4.86. The van der Waals surface area contributed by atoms with Gasteiger partial charge in [0.2, 0.25) is 0 Å². The number of hydrogen-bond acceptors (Lipinski definition) is 3. The summed E-state index contributed by atoms with van der Waals surface area (Å²) < 4.78 is 19.4. The molecule has 0 saturated heterocycles. The topological polar surface area (TPSA) is 41.9 Å². The van der Waals surface area contributed by atoms with Crippen LogP contribution in [-0.4, -0.2) is 18.9 Å². The highest BCUT2D eigenvalue weighted by atomic mass is 19.1. The van der Waals surface area contributed by atoms with Crippen LogP contribution in [0, 0.1) is 5.82 Å². The number of cyclic esters (lactones) is 1. The summed E-state index contributed by atoms with van der Waals surface area (Å²) in [4.78, 5) is 11.6. The number of carbonyl (C=O) groups is 1. The third-order valence-corrected chi connectivity index (χ3v) is 3.54. The molecule has 3 rings (SSSR count). The van der Waals surface area contributed by atoms with E-state index in [9.17, 15) is 9.18 Å². The quantitative estimate of drug-likeness (QED) is 0.859. The van der Waals surface area contributed by atoms with Crippen molar-refractivity contribution in [3.8, 4) is 11.1 Å². The van der Waals surface area contributed by atoms with Crippen molar-refractivity contribution in [2.24, 2.45) is 5.10 Å². The molecular formula is C17H15FN2O2. The lowest BCUT2D eigenvalue weighted by Crippen LogP contribution is -2.31. The average molecular weight is 298 g/mol. The van der Waals surface area contributed by atoms with Crippen molar-refractivity contribution in [1.82, 2.24) is 0 Å². The van der Waals surface area contributed by atoms with E-state index in [1.54, 1.807) is 12.1 Å². The predicted molar refractivity (Wildman–Crippen MR) is 83.5 cm³/mol. The van der Waals surface area contributed by atoms with Gasteiger partial charge in [0.1, 0.15) is 12.4 Å². The zero-order valence-electron chi connectivity index (χ0n) is 12.1. The largest absolute Gasteiger partial charge is 0.442 e. The Morgan fingerprint density at radius 1 is 1.23 bits per heavy atom. The van der Waals surface area contributed by atoms with E-state index < -0.39 is 11.9 Å². The molecule has 0 spiro atoms. The molecule has 1 heterocycles. The Morgan fingerprint density at radius 2 is 2.05 bits per heavy atom. The minimum Gasteiger partial charge on any atom is -0.442 e. The summed E-state index contributed by atoms with van der Waals surface area (Å²) >= 11 is 0. The van der Waals surface area contributed by atoms with Crippen molar-refractivity contribution in [3.63, 3.8) is 0 Å². The maximum Gasteiger partial charge on any atom is 0.435 e. The first kappa shape index (κ1) is 14.3. The fourth-order valence-electron chi connectivity index (χ4n) is 2.45. The van der Waals surface area contributed by atoms with Gasteiger partial charge in [-0.1, -0.05) is 31.2 Å². The summed E-state index contributed by atoms with van der Waals surface area (Å²) in [6.45, 7) is 2.17. The molecule has 0 fully saturated rings. The Balaban J connectivity index is 2.01. The van der Waals surface area contributed by atoms with E-state index in [0.29, 0.717) is 11.3 Å². The first-order valence-electron chi connectivity index (χ1n) is 7.08. The standard InChI is InChI=1S/C17H15FN2O2/c1-2-12-5-3-4-6-14(12)15-8-7-13(11-16(15)18)20-17(21)22-10-9-19-20/h3-9,11H,2,10H2,1H3. The molecule has 1 aliphatic heterocycles. The second-order valence-corrected chi connectivity index (χ2v) is 4.86. The van der Waals surface area contributed by atoms with Crippen LogP contribution < -0.4 is 5.01 Å². The number of ether oxygens (including phenoxy) is 1. The van der Waals surface area contributed by atoms with Gasteiger partial charge in [-0.05, 0) is 29.7 Å². The number of hydrazone groups is 1. The smallest absolute Gasteiger partial charge is 0.435 e. The van der Waals surface area contributed by atoms with Gasteiger partial charge in [-0.3, -0.25) is 0 Å². The van der Waals surface area contributed by atoms with Crippen molar-refractivity contribution in [1.29, 1.82) is 0 Å². The SMILES string of the molecule is CCc1ccccc1-c1ccc(N2N=CCOC2=O)cc1F. The summed E-state index contributed by atoms with van der Waals surface area (Å²) in [5.41, 5.74) is 2.79. The lowest BCUT2D eigenvalue weighted by atomic mass is 9.97. The van der Waals surface area contributed by atoms with Crippen LogP contribution in [0.15, 0.2) is 47.6 Å². The molecule has 2 aromatic rings. The van der Waals surface area contributed by atoms with Crippen LogP contribution in [-0.2, 0) is 11.2 Å². The number of carbonyl (C=O) groups excluding carboxylic acids is 1. The summed E-state index contributed by atoms with van der Waals surface area (Å²) in [5.74, 6) is -0.396. The third kappa shape index (κ3) is 2.57. The Kier molecular flexibility index (Phi) is 3.87. The highest BCUT2D eigenvalue weighted by molar-refractivity contribution is 5.91. The summed E-state index contributed by atoms with van der Waals surface area (Å²) in [6.07, 6.45) is 1.67. The van der Waals surface area contributed by atoms with Gasteiger partial charge in [0, 0.05) is 11.6 Å². The van der Waals surface area contributed by atoms with Gasteiger partial charge in [-0.25, -0.2) is 9.18 Å². The van der Waals surface area contributed by atoms with Gasteiger partial charge >= 0.3 is 6.09 Å². The maximum absolute atomic E-state index is 14.5. The molecule has 0 bridgehead atoms. The van der Waals surface area contributed by atoms with Crippen LogP contribution in [0.3, 0.4) is 0 Å². The maximum atomic E-state index is 14.5. The van der Waals surface area contributed by atoms with Gasteiger partial charge in [0.05, 0.1) is 11.9 Å². The number of rotatable bonds is 3. The molecule has 0 atom stereocenters. The van der Waals surface area contributed by atoms with Crippen molar-refractivity contribution in [2.45, 2.75) is 13.3 Å². The molecular weight excluding hydrogens is 283 g/mol. The molecule has 0 radical (unpaired) electrons. The number of anilines is 1. The fraction of sp³-hybridized carbons (Fsp3) is 0.176. The van der Waals surface area contributed by atoms with E-state index in [1.165, 1.54) is 12.3 Å². The molecule has 0 unspecified atom stereocenters. The lowest BCUT2D eigenvalue weighted by molar-refractivity contribution is 0.167. The Morgan fingerprint density at radius 3 is 2.77 bits per heavy atom. The van der Waals surface area contributed by atoms with E-state index in [2.05, 4.69) is 5.10 Å². The number of aryl methyl sites for hydroxylation is 1. The molecule has 0 aliphatic carbocycles. The van der Waals surface area contributed by atoms with E-state index >= 15 is 0 Å². The molecule has 5 heteroatoms. The van der Waals surface area contributed by atoms with Crippen molar-refractivity contribution in [2.75, 3.05) is 11.6 Å². The Labute approximate surface area is 127 Å². The molecule has 112 valence electrons. The molecule has 1 aliphatic rings. The lowest BCUT2D eigenvalue weighted by Gasteiger charge is -2.20. The van der Waals surface area contributed by atoms with Crippen LogP contribution in [0.4, 0.5) is 14.9 Å². The highest BCUT2D eigenvalue weighted by Gasteiger charge is 2.20. The zero-order chi connectivity index (χ0) is 15.5. The third-order valence-electron chi connectivity index (χ3n) is 3.54. The van der Waals surface area contributed by atoms with Crippen LogP contribution in [0.5, 0.6) is 0 Å². The van der Waals surface area contributed by atoms with Crippen molar-refractivity contribution in [3.05, 3.63) is 53.8 Å². The summed E-state index contributed by atoms with van der Waals surface area (Å²) in [5, 5.41) is 4.97. The van der Waals surface area contributed by atoms with Crippen molar-refractivity contribution < 1.29 is 13.9 Å². The van der Waals surface area contributed by atoms with E-state index in [4.69, 9.17) is 4.74 Å². The van der Waals surface area contributed by atoms with E-state index in [1.807, 2.05) is 31.2 Å². The Bertz CT molecular complexity index is 743. The molecule has 0 saturated carbocycles. The first-order valence-corrected chi connectivity index (χ1v) is 7.08. The van der Waals surface area contributed by atoms with Crippen LogP contribution in [0.25, 0.3) is 11.1 Å². The zero-order valence-corrected chi connectivity index (χ0v) is 12.1. The van der Waals surface area contributed by atoms with E-state index in [0.717, 1.165) is 22.6 Å². The van der Waals surface area contributed by atoms with Crippen LogP contribution in [0.2, 0.25) is 0 Å². The fourth-order valence-corrected chi connectivity index (χ4v) is 2.45. The first-order chi connectivity index (χ1) is 10.7.